The molecule has 0 fully saturated rings. The van der Waals surface area contributed by atoms with Crippen LogP contribution in [-0.2, 0) is 24.1 Å². The molecule has 1 amide bonds. The summed E-state index contributed by atoms with van der Waals surface area (Å²) >= 11 is 0. The molecule has 0 aliphatic rings. The lowest BCUT2D eigenvalue weighted by Crippen LogP contribution is -2.32. The van der Waals surface area contributed by atoms with Crippen LogP contribution in [-0.4, -0.2) is 29.7 Å². The number of methoxy groups -OCH3 is 1. The Labute approximate surface area is 214 Å². The fourth-order valence-corrected chi connectivity index (χ4v) is 3.43. The van der Waals surface area contributed by atoms with Crippen LogP contribution in [0.4, 0.5) is 18.0 Å². The van der Waals surface area contributed by atoms with Gasteiger partial charge in [0.25, 0.3) is 0 Å². The van der Waals surface area contributed by atoms with E-state index < -0.39 is 51.7 Å². The number of carbonyl (C=O) groups excluding carboxylic acids is 2. The van der Waals surface area contributed by atoms with Gasteiger partial charge in [-0.25, -0.2) is 4.79 Å². The van der Waals surface area contributed by atoms with E-state index in [9.17, 15) is 27.9 Å². The number of benzene rings is 2. The van der Waals surface area contributed by atoms with Crippen LogP contribution < -0.4 is 14.8 Å². The summed E-state index contributed by atoms with van der Waals surface area (Å²) in [5, 5.41) is 13.0. The number of carbonyl (C=O) groups is 2. The SMILES string of the molecule is COc1cc(CNC(=O)OC(C)(C)C)ccc1COc1ccc(C(=O)CC(C)(C)C)c(O)c1C(F)(F)F. The highest BCUT2D eigenvalue weighted by Gasteiger charge is 2.40. The maximum absolute atomic E-state index is 13.8. The smallest absolute Gasteiger partial charge is 0.423 e. The zero-order valence-corrected chi connectivity index (χ0v) is 22.1. The van der Waals surface area contributed by atoms with Gasteiger partial charge in [-0.05, 0) is 49.9 Å². The van der Waals surface area contributed by atoms with Crippen molar-refractivity contribution in [1.29, 1.82) is 0 Å². The monoisotopic (exact) mass is 525 g/mol. The fourth-order valence-electron chi connectivity index (χ4n) is 3.43. The number of phenols is 1. The first-order chi connectivity index (χ1) is 16.9. The number of halogens is 3. The standard InChI is InChI=1S/C27H34F3NO6/c1-25(2,3)13-19(32)18-10-11-20(22(23(18)33)27(28,29)30)36-15-17-9-8-16(12-21(17)35-7)14-31-24(34)37-26(4,5)6/h8-12,33H,13-15H2,1-7H3,(H,31,34). The molecule has 204 valence electrons. The van der Waals surface area contributed by atoms with Gasteiger partial charge in [-0.2, -0.15) is 13.2 Å². The second kappa shape index (κ2) is 11.3. The molecule has 2 aromatic carbocycles. The molecule has 2 rings (SSSR count). The van der Waals surface area contributed by atoms with Crippen molar-refractivity contribution in [3.05, 3.63) is 52.6 Å². The van der Waals surface area contributed by atoms with Gasteiger partial charge in [0.05, 0.1) is 12.7 Å². The Hall–Kier alpha value is -3.43. The summed E-state index contributed by atoms with van der Waals surface area (Å²) in [5.41, 5.74) is -1.84. The summed E-state index contributed by atoms with van der Waals surface area (Å²) in [5.74, 6) is -2.04. The summed E-state index contributed by atoms with van der Waals surface area (Å²) < 4.78 is 57.5. The van der Waals surface area contributed by atoms with Gasteiger partial charge in [-0.3, -0.25) is 4.79 Å². The molecule has 0 saturated carbocycles. The van der Waals surface area contributed by atoms with Crippen molar-refractivity contribution >= 4 is 11.9 Å². The molecule has 0 spiro atoms. The van der Waals surface area contributed by atoms with Crippen LogP contribution in [0.15, 0.2) is 30.3 Å². The number of ketones is 1. The van der Waals surface area contributed by atoms with E-state index in [1.807, 2.05) is 0 Å². The predicted octanol–water partition coefficient (Wildman–Crippen LogP) is 6.64. The van der Waals surface area contributed by atoms with Crippen LogP contribution in [0, 0.1) is 5.41 Å². The Kier molecular flexibility index (Phi) is 9.11. The number of alkyl halides is 3. The van der Waals surface area contributed by atoms with Crippen LogP contribution in [0.25, 0.3) is 0 Å². The highest BCUT2D eigenvalue weighted by molar-refractivity contribution is 5.99. The Morgan fingerprint density at radius 3 is 2.16 bits per heavy atom. The van der Waals surface area contributed by atoms with E-state index in [0.717, 1.165) is 12.1 Å². The number of aromatic hydroxyl groups is 1. The summed E-state index contributed by atoms with van der Waals surface area (Å²) in [6, 6.07) is 7.04. The van der Waals surface area contributed by atoms with Gasteiger partial charge >= 0.3 is 12.3 Å². The van der Waals surface area contributed by atoms with Gasteiger partial charge in [0.2, 0.25) is 0 Å². The minimum atomic E-state index is -4.96. The molecular formula is C27H34F3NO6. The summed E-state index contributed by atoms with van der Waals surface area (Å²) in [7, 11) is 1.40. The molecule has 0 aliphatic heterocycles. The molecule has 7 nitrogen and oxygen atoms in total. The first-order valence-corrected chi connectivity index (χ1v) is 11.6. The molecule has 0 aromatic heterocycles. The normalized spacial score (nSPS) is 12.2. The highest BCUT2D eigenvalue weighted by atomic mass is 19.4. The number of amides is 1. The van der Waals surface area contributed by atoms with Crippen molar-refractivity contribution in [3.8, 4) is 17.2 Å². The fraction of sp³-hybridized carbons (Fsp3) is 0.481. The van der Waals surface area contributed by atoms with Gasteiger partial charge in [-0.15, -0.1) is 0 Å². The number of nitrogens with one attached hydrogen (secondary N) is 1. The number of hydrogen-bond donors (Lipinski definition) is 2. The lowest BCUT2D eigenvalue weighted by molar-refractivity contribution is -0.140. The number of alkyl carbamates (subject to hydrolysis) is 1. The molecule has 2 N–H and O–H groups in total. The molecule has 0 atom stereocenters. The molecule has 37 heavy (non-hydrogen) atoms. The number of hydrogen-bond acceptors (Lipinski definition) is 6. The van der Waals surface area contributed by atoms with Gasteiger partial charge in [0.15, 0.2) is 5.78 Å². The third-order valence-electron chi connectivity index (χ3n) is 4.98. The minimum Gasteiger partial charge on any atom is -0.506 e. The van der Waals surface area contributed by atoms with Gasteiger partial charge in [0, 0.05) is 18.5 Å². The van der Waals surface area contributed by atoms with E-state index in [1.165, 1.54) is 7.11 Å². The number of Topliss-reactive ketones (excluding diaryl/α,β-unsaturated/α-hetero) is 1. The Morgan fingerprint density at radius 2 is 1.62 bits per heavy atom. The van der Waals surface area contributed by atoms with Crippen molar-refractivity contribution in [2.75, 3.05) is 7.11 Å². The van der Waals surface area contributed by atoms with Crippen molar-refractivity contribution < 1.29 is 42.1 Å². The highest BCUT2D eigenvalue weighted by Crippen LogP contribution is 2.45. The van der Waals surface area contributed by atoms with E-state index >= 15 is 0 Å². The molecule has 0 bridgehead atoms. The summed E-state index contributed by atoms with van der Waals surface area (Å²) in [6.45, 7) is 10.4. The second-order valence-corrected chi connectivity index (χ2v) is 10.8. The summed E-state index contributed by atoms with van der Waals surface area (Å²) in [4.78, 5) is 24.4. The first-order valence-electron chi connectivity index (χ1n) is 11.6. The predicted molar refractivity (Wildman–Crippen MR) is 132 cm³/mol. The van der Waals surface area contributed by atoms with Gasteiger partial charge in [-0.1, -0.05) is 32.9 Å². The number of rotatable bonds is 8. The lowest BCUT2D eigenvalue weighted by atomic mass is 9.87. The van der Waals surface area contributed by atoms with E-state index in [1.54, 1.807) is 59.7 Å². The van der Waals surface area contributed by atoms with Gasteiger partial charge in [0.1, 0.15) is 35.0 Å². The van der Waals surface area contributed by atoms with E-state index in [0.29, 0.717) is 16.9 Å². The van der Waals surface area contributed by atoms with Crippen molar-refractivity contribution in [3.63, 3.8) is 0 Å². The largest absolute Gasteiger partial charge is 0.506 e. The van der Waals surface area contributed by atoms with Gasteiger partial charge < -0.3 is 24.6 Å². The quantitative estimate of drug-likeness (QED) is 0.375. The average Bonchev–Trinajstić information content (AvgIpc) is 2.73. The maximum Gasteiger partial charge on any atom is 0.423 e. The molecule has 0 saturated heterocycles. The van der Waals surface area contributed by atoms with Crippen LogP contribution in [0.5, 0.6) is 17.2 Å². The molecule has 0 heterocycles. The van der Waals surface area contributed by atoms with Crippen molar-refractivity contribution in [2.45, 2.75) is 72.9 Å². The van der Waals surface area contributed by atoms with Crippen molar-refractivity contribution in [2.24, 2.45) is 5.41 Å². The zero-order valence-electron chi connectivity index (χ0n) is 22.1. The van der Waals surface area contributed by atoms with Crippen LogP contribution >= 0.6 is 0 Å². The maximum atomic E-state index is 13.8. The zero-order chi connectivity index (χ0) is 28.2. The van der Waals surface area contributed by atoms with Crippen LogP contribution in [0.1, 0.15) is 75.0 Å². The number of phenolic OH excluding ortho intramolecular Hbond substituents is 1. The van der Waals surface area contributed by atoms with E-state index in [2.05, 4.69) is 5.32 Å². The molecular weight excluding hydrogens is 491 g/mol. The number of ether oxygens (including phenoxy) is 3. The second-order valence-electron chi connectivity index (χ2n) is 10.8. The van der Waals surface area contributed by atoms with Crippen LogP contribution in [0.2, 0.25) is 0 Å². The Morgan fingerprint density at radius 1 is 0.973 bits per heavy atom. The molecule has 2 aromatic rings. The first kappa shape index (κ1) is 29.8. The van der Waals surface area contributed by atoms with E-state index in [4.69, 9.17) is 14.2 Å². The molecule has 0 unspecified atom stereocenters. The summed E-state index contributed by atoms with van der Waals surface area (Å²) in [6.07, 6.45) is -5.59. The minimum absolute atomic E-state index is 0.0373. The molecule has 0 radical (unpaired) electrons. The third-order valence-corrected chi connectivity index (χ3v) is 4.98. The van der Waals surface area contributed by atoms with Crippen LogP contribution in [0.3, 0.4) is 0 Å². The Balaban J connectivity index is 2.24. The lowest BCUT2D eigenvalue weighted by Gasteiger charge is -2.20. The third kappa shape index (κ3) is 8.87. The topological polar surface area (TPSA) is 94.1 Å². The van der Waals surface area contributed by atoms with E-state index in [-0.39, 0.29) is 19.6 Å². The molecule has 0 aliphatic carbocycles. The molecule has 10 heteroatoms. The van der Waals surface area contributed by atoms with Crippen molar-refractivity contribution in [1.82, 2.24) is 5.32 Å². The Bertz CT molecular complexity index is 1130. The average molecular weight is 526 g/mol.